The Morgan fingerprint density at radius 2 is 2.32 bits per heavy atom. The van der Waals surface area contributed by atoms with Gasteiger partial charge in [-0.1, -0.05) is 18.2 Å². The molecule has 1 unspecified atom stereocenters. The summed E-state index contributed by atoms with van der Waals surface area (Å²) in [5.74, 6) is -0.230. The van der Waals surface area contributed by atoms with Crippen LogP contribution in [-0.4, -0.2) is 34.9 Å². The molecule has 1 heterocycles. The van der Waals surface area contributed by atoms with Gasteiger partial charge in [0.1, 0.15) is 6.04 Å². The number of esters is 1. The normalized spacial score (nSPS) is 16.5. The molecule has 0 bridgehead atoms. The fraction of sp³-hybridized carbons (Fsp3) is 0.429. The summed E-state index contributed by atoms with van der Waals surface area (Å²) in [5, 5.41) is 8.74. The summed E-state index contributed by atoms with van der Waals surface area (Å²) in [4.78, 5) is 11.8. The molecular formula is C14H17N3O2. The van der Waals surface area contributed by atoms with Crippen LogP contribution in [0.5, 0.6) is 0 Å². The lowest BCUT2D eigenvalue weighted by Gasteiger charge is -2.16. The van der Waals surface area contributed by atoms with Crippen molar-refractivity contribution in [2.24, 2.45) is 0 Å². The minimum Gasteiger partial charge on any atom is -0.468 e. The highest BCUT2D eigenvalue weighted by Gasteiger charge is 2.29. The molecule has 3 rings (SSSR count). The zero-order valence-corrected chi connectivity index (χ0v) is 10.9. The maximum Gasteiger partial charge on any atom is 0.324 e. The quantitative estimate of drug-likeness (QED) is 0.823. The van der Waals surface area contributed by atoms with Crippen LogP contribution in [0.4, 0.5) is 0 Å². The van der Waals surface area contributed by atoms with Gasteiger partial charge in [-0.25, -0.2) is 0 Å². The molecular weight excluding hydrogens is 242 g/mol. The largest absolute Gasteiger partial charge is 0.468 e. The number of para-hydroxylation sites is 1. The molecule has 1 aromatic carbocycles. The van der Waals surface area contributed by atoms with Crippen LogP contribution in [0.15, 0.2) is 30.5 Å². The molecule has 1 aliphatic rings. The first-order valence-corrected chi connectivity index (χ1v) is 6.52. The molecule has 1 saturated carbocycles. The van der Waals surface area contributed by atoms with Gasteiger partial charge in [0.25, 0.3) is 0 Å². The number of methoxy groups -OCH3 is 1. The van der Waals surface area contributed by atoms with Gasteiger partial charge in [-0.05, 0) is 18.9 Å². The van der Waals surface area contributed by atoms with Crippen molar-refractivity contribution >= 4 is 16.9 Å². The van der Waals surface area contributed by atoms with Crippen molar-refractivity contribution < 1.29 is 9.53 Å². The van der Waals surface area contributed by atoms with E-state index in [0.29, 0.717) is 12.6 Å². The number of hydrogen-bond donors (Lipinski definition) is 1. The average Bonchev–Trinajstić information content (AvgIpc) is 3.17. The Bertz CT molecular complexity index is 589. The van der Waals surface area contributed by atoms with E-state index in [1.165, 1.54) is 7.11 Å². The molecule has 100 valence electrons. The molecule has 1 fully saturated rings. The van der Waals surface area contributed by atoms with Crippen LogP contribution in [-0.2, 0) is 16.1 Å². The van der Waals surface area contributed by atoms with E-state index >= 15 is 0 Å². The second-order valence-corrected chi connectivity index (χ2v) is 4.90. The van der Waals surface area contributed by atoms with Gasteiger partial charge >= 0.3 is 5.97 Å². The summed E-state index contributed by atoms with van der Waals surface area (Å²) in [6.45, 7) is 0.497. The average molecular weight is 259 g/mol. The van der Waals surface area contributed by atoms with Gasteiger partial charge in [0.05, 0.1) is 25.4 Å². The Kier molecular flexibility index (Phi) is 3.21. The van der Waals surface area contributed by atoms with E-state index in [-0.39, 0.29) is 12.0 Å². The number of nitrogens with one attached hydrogen (secondary N) is 1. The topological polar surface area (TPSA) is 56.2 Å². The fourth-order valence-electron chi connectivity index (χ4n) is 2.22. The summed E-state index contributed by atoms with van der Waals surface area (Å²) in [5.41, 5.74) is 1.04. The Hall–Kier alpha value is -1.88. The third kappa shape index (κ3) is 2.61. The van der Waals surface area contributed by atoms with Gasteiger partial charge in [-0.15, -0.1) is 0 Å². The number of ether oxygens (including phenoxy) is 1. The molecule has 1 aromatic heterocycles. The Labute approximate surface area is 111 Å². The van der Waals surface area contributed by atoms with E-state index in [9.17, 15) is 4.79 Å². The number of hydrogen-bond acceptors (Lipinski definition) is 4. The standard InChI is InChI=1S/C14H17N3O2/c1-19-14(18)12(16-11-6-7-11)9-17-13-5-3-2-4-10(13)8-15-17/h2-5,8,11-12,16H,6-7,9H2,1H3. The highest BCUT2D eigenvalue weighted by molar-refractivity contribution is 5.79. The van der Waals surface area contributed by atoms with E-state index in [2.05, 4.69) is 10.4 Å². The zero-order chi connectivity index (χ0) is 13.2. The molecule has 0 radical (unpaired) electrons. The smallest absolute Gasteiger partial charge is 0.324 e. The fourth-order valence-corrected chi connectivity index (χ4v) is 2.22. The van der Waals surface area contributed by atoms with E-state index in [0.717, 1.165) is 23.7 Å². The summed E-state index contributed by atoms with van der Waals surface area (Å²) in [6.07, 6.45) is 4.08. The first-order chi connectivity index (χ1) is 9.28. The van der Waals surface area contributed by atoms with Crippen LogP contribution in [0, 0.1) is 0 Å². The maximum atomic E-state index is 11.8. The van der Waals surface area contributed by atoms with E-state index in [4.69, 9.17) is 4.74 Å². The Morgan fingerprint density at radius 1 is 1.53 bits per heavy atom. The van der Waals surface area contributed by atoms with Gasteiger partial charge < -0.3 is 10.1 Å². The molecule has 0 amide bonds. The number of rotatable bonds is 5. The number of fused-ring (bicyclic) bond motifs is 1. The van der Waals surface area contributed by atoms with Gasteiger partial charge in [0.15, 0.2) is 0 Å². The molecule has 0 spiro atoms. The minimum absolute atomic E-state index is 0.230. The lowest BCUT2D eigenvalue weighted by atomic mass is 10.2. The van der Waals surface area contributed by atoms with Crippen LogP contribution >= 0.6 is 0 Å². The summed E-state index contributed by atoms with van der Waals surface area (Å²) in [7, 11) is 1.42. The van der Waals surface area contributed by atoms with Crippen molar-refractivity contribution in [1.29, 1.82) is 0 Å². The van der Waals surface area contributed by atoms with Crippen LogP contribution < -0.4 is 5.32 Å². The van der Waals surface area contributed by atoms with E-state index in [1.807, 2.05) is 35.1 Å². The predicted octanol–water partition coefficient (Wildman–Crippen LogP) is 1.33. The number of aromatic nitrogens is 2. The maximum absolute atomic E-state index is 11.8. The van der Waals surface area contributed by atoms with Crippen LogP contribution in [0.2, 0.25) is 0 Å². The second kappa shape index (κ2) is 5.01. The van der Waals surface area contributed by atoms with Gasteiger partial charge in [-0.3, -0.25) is 9.48 Å². The SMILES string of the molecule is COC(=O)C(Cn1ncc2ccccc21)NC1CC1. The molecule has 0 saturated heterocycles. The van der Waals surface area contributed by atoms with Crippen molar-refractivity contribution in [3.05, 3.63) is 30.5 Å². The Morgan fingerprint density at radius 3 is 3.05 bits per heavy atom. The van der Waals surface area contributed by atoms with Crippen LogP contribution in [0.1, 0.15) is 12.8 Å². The molecule has 0 aliphatic heterocycles. The molecule has 5 nitrogen and oxygen atoms in total. The molecule has 2 aromatic rings. The summed E-state index contributed by atoms with van der Waals surface area (Å²) in [6, 6.07) is 8.09. The summed E-state index contributed by atoms with van der Waals surface area (Å²) >= 11 is 0. The summed E-state index contributed by atoms with van der Waals surface area (Å²) < 4.78 is 6.71. The van der Waals surface area contributed by atoms with Crippen LogP contribution in [0.3, 0.4) is 0 Å². The second-order valence-electron chi connectivity index (χ2n) is 4.90. The van der Waals surface area contributed by atoms with Crippen molar-refractivity contribution in [2.75, 3.05) is 7.11 Å². The highest BCUT2D eigenvalue weighted by Crippen LogP contribution is 2.20. The van der Waals surface area contributed by atoms with Gasteiger partial charge in [0.2, 0.25) is 0 Å². The van der Waals surface area contributed by atoms with Crippen LogP contribution in [0.25, 0.3) is 10.9 Å². The van der Waals surface area contributed by atoms with Crippen molar-refractivity contribution in [1.82, 2.24) is 15.1 Å². The van der Waals surface area contributed by atoms with Crippen molar-refractivity contribution in [3.63, 3.8) is 0 Å². The lowest BCUT2D eigenvalue weighted by Crippen LogP contribution is -2.42. The monoisotopic (exact) mass is 259 g/mol. The van der Waals surface area contributed by atoms with E-state index < -0.39 is 0 Å². The molecule has 19 heavy (non-hydrogen) atoms. The molecule has 1 N–H and O–H groups in total. The van der Waals surface area contributed by atoms with Gasteiger partial charge in [0, 0.05) is 11.4 Å². The number of benzene rings is 1. The van der Waals surface area contributed by atoms with E-state index in [1.54, 1.807) is 0 Å². The van der Waals surface area contributed by atoms with Crippen molar-refractivity contribution in [3.8, 4) is 0 Å². The lowest BCUT2D eigenvalue weighted by molar-refractivity contribution is -0.143. The third-order valence-electron chi connectivity index (χ3n) is 3.41. The Balaban J connectivity index is 1.81. The minimum atomic E-state index is -0.333. The number of carbonyl (C=O) groups excluding carboxylic acids is 1. The number of nitrogens with zero attached hydrogens (tertiary/aromatic N) is 2. The number of carbonyl (C=O) groups is 1. The van der Waals surface area contributed by atoms with Gasteiger partial charge in [-0.2, -0.15) is 5.10 Å². The molecule has 1 aliphatic carbocycles. The first-order valence-electron chi connectivity index (χ1n) is 6.52. The molecule has 1 atom stereocenters. The molecule has 5 heteroatoms. The highest BCUT2D eigenvalue weighted by atomic mass is 16.5. The third-order valence-corrected chi connectivity index (χ3v) is 3.41. The predicted molar refractivity (Wildman–Crippen MR) is 71.7 cm³/mol. The zero-order valence-electron chi connectivity index (χ0n) is 10.9. The first kappa shape index (κ1) is 12.2. The van der Waals surface area contributed by atoms with Crippen molar-refractivity contribution in [2.45, 2.75) is 31.5 Å².